The summed E-state index contributed by atoms with van der Waals surface area (Å²) in [6.07, 6.45) is -0.00166. The molecule has 2 heterocycles. The molecule has 0 saturated heterocycles. The lowest BCUT2D eigenvalue weighted by molar-refractivity contribution is -0.141. The van der Waals surface area contributed by atoms with Gasteiger partial charge in [-0.05, 0) is 25.3 Å². The second kappa shape index (κ2) is 5.87. The average molecular weight is 294 g/mol. The molecular formula is C13H14N2O4S. The largest absolute Gasteiger partial charge is 0.480 e. The molecule has 0 bridgehead atoms. The van der Waals surface area contributed by atoms with E-state index in [-0.39, 0.29) is 6.42 Å². The Labute approximate surface area is 119 Å². The molecule has 2 rings (SSSR count). The van der Waals surface area contributed by atoms with Gasteiger partial charge in [-0.1, -0.05) is 6.07 Å². The Morgan fingerprint density at radius 3 is 2.90 bits per heavy atom. The van der Waals surface area contributed by atoms with Gasteiger partial charge in [-0.25, -0.2) is 4.98 Å². The van der Waals surface area contributed by atoms with Crippen LogP contribution >= 0.6 is 11.3 Å². The van der Waals surface area contributed by atoms with Gasteiger partial charge >= 0.3 is 5.97 Å². The van der Waals surface area contributed by atoms with Gasteiger partial charge in [-0.15, -0.1) is 11.3 Å². The predicted molar refractivity (Wildman–Crippen MR) is 73.5 cm³/mol. The number of carbonyl (C=O) groups excluding carboxylic acids is 1. The zero-order valence-electron chi connectivity index (χ0n) is 11.0. The first-order valence-corrected chi connectivity index (χ1v) is 6.87. The van der Waals surface area contributed by atoms with Crippen molar-refractivity contribution in [3.63, 3.8) is 0 Å². The van der Waals surface area contributed by atoms with Crippen LogP contribution in [0.4, 0.5) is 0 Å². The van der Waals surface area contributed by atoms with Crippen molar-refractivity contribution in [3.05, 3.63) is 29.0 Å². The topological polar surface area (TPSA) is 92.4 Å². The van der Waals surface area contributed by atoms with Crippen LogP contribution in [0.5, 0.6) is 0 Å². The third-order valence-corrected chi connectivity index (χ3v) is 3.56. The van der Waals surface area contributed by atoms with Gasteiger partial charge in [-0.2, -0.15) is 0 Å². The van der Waals surface area contributed by atoms with Crippen molar-refractivity contribution in [3.8, 4) is 10.8 Å². The minimum Gasteiger partial charge on any atom is -0.480 e. The fraction of sp³-hybridized carbons (Fsp3) is 0.308. The van der Waals surface area contributed by atoms with Crippen LogP contribution in [0.25, 0.3) is 10.8 Å². The Morgan fingerprint density at radius 2 is 2.30 bits per heavy atom. The number of aromatic nitrogens is 1. The van der Waals surface area contributed by atoms with Gasteiger partial charge in [0, 0.05) is 0 Å². The van der Waals surface area contributed by atoms with Crippen molar-refractivity contribution in [1.82, 2.24) is 10.3 Å². The van der Waals surface area contributed by atoms with Gasteiger partial charge in [0.1, 0.15) is 11.8 Å². The van der Waals surface area contributed by atoms with Crippen molar-refractivity contribution in [1.29, 1.82) is 0 Å². The second-order valence-corrected chi connectivity index (χ2v) is 5.25. The van der Waals surface area contributed by atoms with E-state index in [2.05, 4.69) is 10.3 Å². The number of amides is 1. The van der Waals surface area contributed by atoms with Crippen LogP contribution in [0.2, 0.25) is 0 Å². The molecular weight excluding hydrogens is 280 g/mol. The molecule has 7 heteroatoms. The lowest BCUT2D eigenvalue weighted by atomic mass is 10.2. The monoisotopic (exact) mass is 294 g/mol. The molecule has 0 aliphatic heterocycles. The van der Waals surface area contributed by atoms with Gasteiger partial charge in [0.2, 0.25) is 11.8 Å². The summed E-state index contributed by atoms with van der Waals surface area (Å²) in [5.41, 5.74) is 0.517. The van der Waals surface area contributed by atoms with Crippen LogP contribution in [-0.4, -0.2) is 28.0 Å². The number of thiophene rings is 1. The molecule has 1 atom stereocenters. The minimum absolute atomic E-state index is 0.00166. The van der Waals surface area contributed by atoms with Crippen molar-refractivity contribution in [2.24, 2.45) is 0 Å². The number of nitrogens with one attached hydrogen (secondary N) is 1. The van der Waals surface area contributed by atoms with E-state index in [1.807, 2.05) is 17.5 Å². The van der Waals surface area contributed by atoms with Crippen LogP contribution in [0.15, 0.2) is 21.9 Å². The first-order valence-electron chi connectivity index (χ1n) is 5.99. The summed E-state index contributed by atoms with van der Waals surface area (Å²) in [7, 11) is 0. The number of oxazole rings is 1. The van der Waals surface area contributed by atoms with E-state index in [4.69, 9.17) is 9.52 Å². The van der Waals surface area contributed by atoms with E-state index < -0.39 is 17.9 Å². The molecule has 20 heavy (non-hydrogen) atoms. The van der Waals surface area contributed by atoms with Crippen LogP contribution in [-0.2, 0) is 16.0 Å². The van der Waals surface area contributed by atoms with E-state index in [0.717, 1.165) is 4.88 Å². The molecule has 0 aliphatic rings. The average Bonchev–Trinajstić information content (AvgIpc) is 2.99. The van der Waals surface area contributed by atoms with Crippen LogP contribution in [0.3, 0.4) is 0 Å². The lowest BCUT2D eigenvalue weighted by Crippen LogP contribution is -2.39. The quantitative estimate of drug-likeness (QED) is 0.877. The van der Waals surface area contributed by atoms with E-state index in [0.29, 0.717) is 17.3 Å². The molecule has 0 aromatic carbocycles. The zero-order valence-corrected chi connectivity index (χ0v) is 11.9. The number of rotatable bonds is 5. The predicted octanol–water partition coefficient (Wildman–Crippen LogP) is 1.84. The van der Waals surface area contributed by atoms with E-state index in [9.17, 15) is 9.59 Å². The number of aliphatic carboxylic acids is 1. The Hall–Kier alpha value is -2.15. The van der Waals surface area contributed by atoms with Gasteiger partial charge in [0.25, 0.3) is 0 Å². The molecule has 6 nitrogen and oxygen atoms in total. The molecule has 2 N–H and O–H groups in total. The second-order valence-electron chi connectivity index (χ2n) is 4.30. The normalized spacial score (nSPS) is 12.1. The molecule has 0 unspecified atom stereocenters. The van der Waals surface area contributed by atoms with Gasteiger partial charge in [0.15, 0.2) is 0 Å². The molecule has 1 amide bonds. The summed E-state index contributed by atoms with van der Waals surface area (Å²) in [6, 6.07) is 2.85. The first-order chi connectivity index (χ1) is 9.47. The van der Waals surface area contributed by atoms with Crippen LogP contribution < -0.4 is 5.32 Å². The highest BCUT2D eigenvalue weighted by Crippen LogP contribution is 2.25. The maximum Gasteiger partial charge on any atom is 0.325 e. The van der Waals surface area contributed by atoms with Crippen molar-refractivity contribution in [2.45, 2.75) is 26.3 Å². The van der Waals surface area contributed by atoms with Crippen molar-refractivity contribution in [2.75, 3.05) is 0 Å². The molecule has 0 fully saturated rings. The maximum absolute atomic E-state index is 11.7. The van der Waals surface area contributed by atoms with E-state index in [1.54, 1.807) is 6.92 Å². The highest BCUT2D eigenvalue weighted by atomic mass is 32.1. The Kier molecular flexibility index (Phi) is 4.19. The lowest BCUT2D eigenvalue weighted by Gasteiger charge is -2.07. The summed E-state index contributed by atoms with van der Waals surface area (Å²) >= 11 is 1.50. The third-order valence-electron chi connectivity index (χ3n) is 2.70. The SMILES string of the molecule is Cc1oc(-c2cccs2)nc1CC(=O)N[C@H](C)C(=O)O. The van der Waals surface area contributed by atoms with Crippen molar-refractivity contribution >= 4 is 23.2 Å². The molecule has 0 aliphatic carbocycles. The molecule has 0 radical (unpaired) electrons. The smallest absolute Gasteiger partial charge is 0.325 e. The number of carboxylic acids is 1. The number of carboxylic acid groups (broad SMARTS) is 1. The summed E-state index contributed by atoms with van der Waals surface area (Å²) in [6.45, 7) is 3.14. The molecule has 106 valence electrons. The fourth-order valence-electron chi connectivity index (χ4n) is 1.60. The van der Waals surface area contributed by atoms with Crippen molar-refractivity contribution < 1.29 is 19.1 Å². The fourth-order valence-corrected chi connectivity index (χ4v) is 2.25. The summed E-state index contributed by atoms with van der Waals surface area (Å²) in [4.78, 5) is 27.6. The number of nitrogens with zero attached hydrogens (tertiary/aromatic N) is 1. The third kappa shape index (κ3) is 3.24. The van der Waals surface area contributed by atoms with Crippen LogP contribution in [0, 0.1) is 6.92 Å². The number of aryl methyl sites for hydroxylation is 1. The highest BCUT2D eigenvalue weighted by molar-refractivity contribution is 7.13. The summed E-state index contributed by atoms with van der Waals surface area (Å²) in [5.74, 6) is -0.429. The van der Waals surface area contributed by atoms with Crippen LogP contribution in [0.1, 0.15) is 18.4 Å². The maximum atomic E-state index is 11.7. The standard InChI is InChI=1S/C13H14N2O4S/c1-7(13(17)18)14-11(16)6-9-8(2)19-12(15-9)10-4-3-5-20-10/h3-5,7H,6H2,1-2H3,(H,14,16)(H,17,18)/t7-/m1/s1. The molecule has 2 aromatic rings. The number of hydrogen-bond acceptors (Lipinski definition) is 5. The van der Waals surface area contributed by atoms with Gasteiger partial charge < -0.3 is 14.8 Å². The zero-order chi connectivity index (χ0) is 14.7. The summed E-state index contributed by atoms with van der Waals surface area (Å²) < 4.78 is 5.52. The molecule has 2 aromatic heterocycles. The number of carbonyl (C=O) groups is 2. The minimum atomic E-state index is -1.07. The van der Waals surface area contributed by atoms with E-state index in [1.165, 1.54) is 18.3 Å². The molecule has 0 spiro atoms. The highest BCUT2D eigenvalue weighted by Gasteiger charge is 2.18. The number of hydrogen-bond donors (Lipinski definition) is 2. The first kappa shape index (κ1) is 14.3. The Bertz CT molecular complexity index is 618. The van der Waals surface area contributed by atoms with Gasteiger partial charge in [0.05, 0.1) is 17.0 Å². The Morgan fingerprint density at radius 1 is 1.55 bits per heavy atom. The Balaban J connectivity index is 2.07. The molecule has 0 saturated carbocycles. The summed E-state index contributed by atoms with van der Waals surface area (Å²) in [5, 5.41) is 13.0. The van der Waals surface area contributed by atoms with Gasteiger partial charge in [-0.3, -0.25) is 9.59 Å². The van der Waals surface area contributed by atoms with E-state index >= 15 is 0 Å².